The predicted molar refractivity (Wildman–Crippen MR) is 99.3 cm³/mol. The molecule has 0 aliphatic heterocycles. The Labute approximate surface area is 163 Å². The Hall–Kier alpha value is -3.30. The number of phenolic OH excluding ortho intramolecular Hbond substituents is 2. The molecule has 29 heavy (non-hydrogen) atoms. The number of nitrogens with one attached hydrogen (secondary N) is 1. The van der Waals surface area contributed by atoms with E-state index >= 15 is 0 Å². The smallest absolute Gasteiger partial charge is 0.418 e. The van der Waals surface area contributed by atoms with E-state index in [1.165, 1.54) is 13.0 Å². The first-order chi connectivity index (χ1) is 13.1. The summed E-state index contributed by atoms with van der Waals surface area (Å²) in [6.07, 6.45) is -4.97. The van der Waals surface area contributed by atoms with Gasteiger partial charge in [-0.2, -0.15) is 13.2 Å². The van der Waals surface area contributed by atoms with Crippen molar-refractivity contribution in [3.63, 3.8) is 0 Å². The fourth-order valence-electron chi connectivity index (χ4n) is 2.78. The van der Waals surface area contributed by atoms with Crippen LogP contribution in [0.1, 0.15) is 47.8 Å². The van der Waals surface area contributed by atoms with Gasteiger partial charge in [-0.3, -0.25) is 14.9 Å². The first-order valence-electron chi connectivity index (χ1n) is 8.37. The third kappa shape index (κ3) is 4.41. The average molecular weight is 412 g/mol. The first-order valence-corrected chi connectivity index (χ1v) is 8.37. The van der Waals surface area contributed by atoms with Crippen molar-refractivity contribution >= 4 is 17.3 Å². The minimum absolute atomic E-state index is 0.0246. The Morgan fingerprint density at radius 2 is 1.69 bits per heavy atom. The van der Waals surface area contributed by atoms with E-state index in [1.54, 1.807) is 20.8 Å². The lowest BCUT2D eigenvalue weighted by Crippen LogP contribution is -2.20. The maximum absolute atomic E-state index is 13.3. The van der Waals surface area contributed by atoms with Crippen LogP contribution in [0.3, 0.4) is 0 Å². The molecule has 0 spiro atoms. The number of nitro benzene ring substituents is 1. The van der Waals surface area contributed by atoms with Crippen molar-refractivity contribution in [1.29, 1.82) is 0 Å². The number of halogens is 3. The number of nitrogens with zero attached hydrogens (tertiary/aromatic N) is 1. The van der Waals surface area contributed by atoms with Crippen LogP contribution in [0.2, 0.25) is 0 Å². The molecular weight excluding hydrogens is 393 g/mol. The second-order valence-corrected chi connectivity index (χ2v) is 7.48. The molecule has 0 heterocycles. The van der Waals surface area contributed by atoms with E-state index in [2.05, 4.69) is 0 Å². The van der Waals surface area contributed by atoms with Gasteiger partial charge in [0.2, 0.25) is 0 Å². The summed E-state index contributed by atoms with van der Waals surface area (Å²) >= 11 is 0. The molecule has 0 radical (unpaired) electrons. The lowest BCUT2D eigenvalue weighted by molar-refractivity contribution is -0.385. The van der Waals surface area contributed by atoms with Gasteiger partial charge < -0.3 is 15.5 Å². The van der Waals surface area contributed by atoms with Gasteiger partial charge in [0.25, 0.3) is 11.6 Å². The standard InChI is InChI=1S/C19H19F3N2O5/c1-9-14(25)8-12(18(2,3)4)16(26)15(9)17(27)23-13-6-5-10(24(28)29)7-11(13)19(20,21)22/h5-8,25-26H,1-4H3,(H,23,27). The molecule has 2 rings (SSSR count). The van der Waals surface area contributed by atoms with E-state index in [0.29, 0.717) is 6.07 Å². The van der Waals surface area contributed by atoms with E-state index in [1.807, 2.05) is 5.32 Å². The van der Waals surface area contributed by atoms with Crippen molar-refractivity contribution in [3.8, 4) is 11.5 Å². The maximum Gasteiger partial charge on any atom is 0.418 e. The van der Waals surface area contributed by atoms with Gasteiger partial charge in [0.05, 0.1) is 21.7 Å². The van der Waals surface area contributed by atoms with Crippen molar-refractivity contribution in [2.24, 2.45) is 0 Å². The minimum atomic E-state index is -4.97. The number of anilines is 1. The van der Waals surface area contributed by atoms with Crippen molar-refractivity contribution in [2.75, 3.05) is 5.32 Å². The Morgan fingerprint density at radius 1 is 1.10 bits per heavy atom. The summed E-state index contributed by atoms with van der Waals surface area (Å²) in [4.78, 5) is 22.5. The van der Waals surface area contributed by atoms with Gasteiger partial charge in [-0.1, -0.05) is 20.8 Å². The van der Waals surface area contributed by atoms with Gasteiger partial charge >= 0.3 is 6.18 Å². The quantitative estimate of drug-likeness (QED) is 0.378. The molecule has 156 valence electrons. The van der Waals surface area contributed by atoms with E-state index in [4.69, 9.17) is 0 Å². The van der Waals surface area contributed by atoms with Crippen LogP contribution in [0.5, 0.6) is 11.5 Å². The fourth-order valence-corrected chi connectivity index (χ4v) is 2.78. The Balaban J connectivity index is 2.59. The fraction of sp³-hybridized carbons (Fsp3) is 0.316. The molecule has 2 aromatic rings. The first kappa shape index (κ1) is 22.0. The molecule has 0 saturated carbocycles. The number of aromatic hydroxyl groups is 2. The van der Waals surface area contributed by atoms with Crippen LogP contribution in [-0.4, -0.2) is 21.0 Å². The highest BCUT2D eigenvalue weighted by molar-refractivity contribution is 6.08. The molecule has 0 aromatic heterocycles. The normalized spacial score (nSPS) is 12.0. The SMILES string of the molecule is Cc1c(O)cc(C(C)(C)C)c(O)c1C(=O)Nc1ccc([N+](=O)[O-])cc1C(F)(F)F. The average Bonchev–Trinajstić information content (AvgIpc) is 2.56. The zero-order valence-electron chi connectivity index (χ0n) is 16.0. The van der Waals surface area contributed by atoms with Gasteiger partial charge in [-0.15, -0.1) is 0 Å². The van der Waals surface area contributed by atoms with E-state index in [0.717, 1.165) is 12.1 Å². The second kappa shape index (κ2) is 7.26. The van der Waals surface area contributed by atoms with Crippen LogP contribution in [0.15, 0.2) is 24.3 Å². The van der Waals surface area contributed by atoms with Crippen LogP contribution in [-0.2, 0) is 11.6 Å². The highest BCUT2D eigenvalue weighted by Crippen LogP contribution is 2.41. The molecule has 2 aromatic carbocycles. The van der Waals surface area contributed by atoms with Gasteiger partial charge in [-0.05, 0) is 24.5 Å². The third-order valence-electron chi connectivity index (χ3n) is 4.33. The Kier molecular flexibility index (Phi) is 5.51. The topological polar surface area (TPSA) is 113 Å². The number of phenols is 2. The van der Waals surface area contributed by atoms with Crippen LogP contribution in [0, 0.1) is 17.0 Å². The third-order valence-corrected chi connectivity index (χ3v) is 4.33. The zero-order valence-corrected chi connectivity index (χ0v) is 16.0. The molecule has 10 heteroatoms. The highest BCUT2D eigenvalue weighted by Gasteiger charge is 2.36. The summed E-state index contributed by atoms with van der Waals surface area (Å²) in [6.45, 7) is 6.49. The summed E-state index contributed by atoms with van der Waals surface area (Å²) in [5, 5.41) is 33.5. The number of benzene rings is 2. The van der Waals surface area contributed by atoms with Crippen LogP contribution < -0.4 is 5.32 Å². The summed E-state index contributed by atoms with van der Waals surface area (Å²) in [5.74, 6) is -1.88. The van der Waals surface area contributed by atoms with Gasteiger partial charge in [-0.25, -0.2) is 0 Å². The second-order valence-electron chi connectivity index (χ2n) is 7.48. The molecule has 1 amide bonds. The molecule has 0 atom stereocenters. The predicted octanol–water partition coefficient (Wildman–Crippen LogP) is 4.88. The summed E-state index contributed by atoms with van der Waals surface area (Å²) in [7, 11) is 0. The number of carbonyl (C=O) groups excluding carboxylic acids is 1. The van der Waals surface area contributed by atoms with E-state index < -0.39 is 45.1 Å². The molecule has 0 fully saturated rings. The number of rotatable bonds is 3. The number of nitro groups is 1. The van der Waals surface area contributed by atoms with Crippen LogP contribution in [0.4, 0.5) is 24.5 Å². The van der Waals surface area contributed by atoms with Gasteiger partial charge in [0.15, 0.2) is 0 Å². The monoisotopic (exact) mass is 412 g/mol. The molecule has 0 aliphatic carbocycles. The van der Waals surface area contributed by atoms with Crippen molar-refractivity contribution in [1.82, 2.24) is 0 Å². The molecule has 0 bridgehead atoms. The summed E-state index contributed by atoms with van der Waals surface area (Å²) < 4.78 is 40.0. The molecule has 7 nitrogen and oxygen atoms in total. The Bertz CT molecular complexity index is 995. The lowest BCUT2D eigenvalue weighted by Gasteiger charge is -2.23. The molecule has 0 unspecified atom stereocenters. The molecule has 0 saturated heterocycles. The summed E-state index contributed by atoms with van der Waals surface area (Å²) in [6, 6.07) is 3.18. The number of carbonyl (C=O) groups is 1. The van der Waals surface area contributed by atoms with E-state index in [-0.39, 0.29) is 22.4 Å². The highest BCUT2D eigenvalue weighted by atomic mass is 19.4. The molecule has 0 aliphatic rings. The van der Waals surface area contributed by atoms with E-state index in [9.17, 15) is 38.3 Å². The number of hydrogen-bond donors (Lipinski definition) is 3. The van der Waals surface area contributed by atoms with Gasteiger partial charge in [0, 0.05) is 23.3 Å². The largest absolute Gasteiger partial charge is 0.508 e. The maximum atomic E-state index is 13.3. The molecule has 3 N–H and O–H groups in total. The lowest BCUT2D eigenvalue weighted by atomic mass is 9.83. The Morgan fingerprint density at radius 3 is 2.17 bits per heavy atom. The number of alkyl halides is 3. The van der Waals surface area contributed by atoms with Gasteiger partial charge in [0.1, 0.15) is 11.5 Å². The molecular formula is C19H19F3N2O5. The number of non-ortho nitro benzene ring substituents is 1. The summed E-state index contributed by atoms with van der Waals surface area (Å²) in [5.41, 5.74) is -3.77. The number of amides is 1. The van der Waals surface area contributed by atoms with Crippen LogP contribution >= 0.6 is 0 Å². The van der Waals surface area contributed by atoms with Crippen molar-refractivity contribution in [2.45, 2.75) is 39.3 Å². The minimum Gasteiger partial charge on any atom is -0.508 e. The zero-order chi connectivity index (χ0) is 22.3. The van der Waals surface area contributed by atoms with Crippen molar-refractivity contribution < 1.29 is 33.1 Å². The van der Waals surface area contributed by atoms with Crippen molar-refractivity contribution in [3.05, 3.63) is 56.6 Å². The number of hydrogen-bond acceptors (Lipinski definition) is 5. The van der Waals surface area contributed by atoms with Crippen LogP contribution in [0.25, 0.3) is 0 Å².